The molecule has 0 fully saturated rings. The largest absolute Gasteiger partial charge is 0.455 e. The summed E-state index contributed by atoms with van der Waals surface area (Å²) in [5.74, 6) is 0.691. The first-order valence-electron chi connectivity index (χ1n) is 20.0. The Labute approximate surface area is 335 Å². The Bertz CT molecular complexity index is 3480. The number of rotatable bonds is 4. The first kappa shape index (κ1) is 32.8. The van der Waals surface area contributed by atoms with Crippen molar-refractivity contribution in [3.8, 4) is 56.2 Å². The normalized spacial score (nSPS) is 13.1. The zero-order valence-electron chi connectivity index (χ0n) is 32.1. The lowest BCUT2D eigenvalue weighted by atomic mass is 9.81. The Morgan fingerprint density at radius 2 is 1.09 bits per heavy atom. The topological polar surface area (TPSA) is 38.9 Å². The van der Waals surface area contributed by atoms with Gasteiger partial charge in [-0.3, -0.25) is 0 Å². The zero-order valence-corrected chi connectivity index (χ0v) is 32.1. The molecule has 0 atom stereocenters. The molecule has 3 nitrogen and oxygen atoms in total. The fourth-order valence-electron chi connectivity index (χ4n) is 9.57. The van der Waals surface area contributed by atoms with Crippen molar-refractivity contribution in [2.75, 3.05) is 0 Å². The molecule has 1 aliphatic rings. The molecule has 9 aromatic carbocycles. The Kier molecular flexibility index (Phi) is 6.98. The molecule has 11 aromatic rings. The van der Waals surface area contributed by atoms with Gasteiger partial charge in [0.25, 0.3) is 0 Å². The van der Waals surface area contributed by atoms with E-state index in [2.05, 4.69) is 178 Å². The van der Waals surface area contributed by atoms with E-state index in [1.165, 1.54) is 54.9 Å². The van der Waals surface area contributed by atoms with Crippen LogP contribution in [0.5, 0.6) is 0 Å². The van der Waals surface area contributed by atoms with Crippen molar-refractivity contribution in [2.24, 2.45) is 0 Å². The molecule has 0 bridgehead atoms. The molecular weight excluding hydrogens is 705 g/mol. The molecule has 0 spiro atoms. The lowest BCUT2D eigenvalue weighted by Crippen LogP contribution is -2.14. The Balaban J connectivity index is 1.05. The number of fused-ring (bicyclic) bond motifs is 10. The highest BCUT2D eigenvalue weighted by molar-refractivity contribution is 6.16. The third-order valence-corrected chi connectivity index (χ3v) is 12.5. The summed E-state index contributed by atoms with van der Waals surface area (Å²) in [6, 6.07) is 65.3. The van der Waals surface area contributed by atoms with Gasteiger partial charge < -0.3 is 4.42 Å². The summed E-state index contributed by atoms with van der Waals surface area (Å²) in [7, 11) is 0. The molecule has 2 aromatic heterocycles. The summed E-state index contributed by atoms with van der Waals surface area (Å²) in [6.45, 7) is 4.73. The number of nitrogens with zero attached hydrogens (tertiary/aromatic N) is 2. The van der Waals surface area contributed by atoms with Crippen LogP contribution in [0.15, 0.2) is 186 Å². The summed E-state index contributed by atoms with van der Waals surface area (Å²) in [4.78, 5) is 10.5. The highest BCUT2D eigenvalue weighted by Gasteiger charge is 2.37. The maximum atomic E-state index is 6.48. The average molecular weight is 741 g/mol. The number of benzene rings is 9. The number of furan rings is 1. The van der Waals surface area contributed by atoms with E-state index in [1.54, 1.807) is 0 Å². The van der Waals surface area contributed by atoms with E-state index < -0.39 is 0 Å². The van der Waals surface area contributed by atoms with Gasteiger partial charge in [0, 0.05) is 38.3 Å². The van der Waals surface area contributed by atoms with E-state index in [0.717, 1.165) is 60.8 Å². The van der Waals surface area contributed by atoms with E-state index in [-0.39, 0.29) is 5.41 Å². The molecular formula is C55H36N2O. The van der Waals surface area contributed by atoms with Gasteiger partial charge in [-0.2, -0.15) is 0 Å². The third kappa shape index (κ3) is 4.86. The van der Waals surface area contributed by atoms with E-state index >= 15 is 0 Å². The molecule has 0 aliphatic heterocycles. The number of hydrogen-bond acceptors (Lipinski definition) is 3. The summed E-state index contributed by atoms with van der Waals surface area (Å²) in [5, 5.41) is 9.35. The van der Waals surface area contributed by atoms with Gasteiger partial charge in [-0.1, -0.05) is 153 Å². The fraction of sp³-hybridized carbons (Fsp3) is 0.0545. The second-order valence-corrected chi connectivity index (χ2v) is 16.1. The van der Waals surface area contributed by atoms with Crippen LogP contribution in [0, 0.1) is 0 Å². The van der Waals surface area contributed by atoms with Gasteiger partial charge in [0.05, 0.1) is 11.4 Å². The Morgan fingerprint density at radius 3 is 1.91 bits per heavy atom. The Morgan fingerprint density at radius 1 is 0.397 bits per heavy atom. The van der Waals surface area contributed by atoms with Crippen molar-refractivity contribution >= 4 is 54.3 Å². The van der Waals surface area contributed by atoms with Crippen molar-refractivity contribution in [3.63, 3.8) is 0 Å². The van der Waals surface area contributed by atoms with Crippen molar-refractivity contribution in [2.45, 2.75) is 19.3 Å². The fourth-order valence-corrected chi connectivity index (χ4v) is 9.57. The van der Waals surface area contributed by atoms with Crippen LogP contribution >= 0.6 is 0 Å². The Hall–Kier alpha value is -7.36. The van der Waals surface area contributed by atoms with Crippen molar-refractivity contribution in [1.29, 1.82) is 0 Å². The van der Waals surface area contributed by atoms with Crippen LogP contribution in [0.4, 0.5) is 0 Å². The minimum Gasteiger partial charge on any atom is -0.455 e. The highest BCUT2D eigenvalue weighted by Crippen LogP contribution is 2.54. The first-order chi connectivity index (χ1) is 28.5. The second-order valence-electron chi connectivity index (χ2n) is 16.1. The maximum Gasteiger partial charge on any atom is 0.160 e. The molecule has 1 aliphatic carbocycles. The smallest absolute Gasteiger partial charge is 0.160 e. The van der Waals surface area contributed by atoms with Crippen LogP contribution in [0.3, 0.4) is 0 Å². The molecule has 58 heavy (non-hydrogen) atoms. The third-order valence-electron chi connectivity index (χ3n) is 12.5. The van der Waals surface area contributed by atoms with Gasteiger partial charge in [-0.25, -0.2) is 9.97 Å². The second kappa shape index (κ2) is 12.3. The van der Waals surface area contributed by atoms with E-state index in [0.29, 0.717) is 5.82 Å². The lowest BCUT2D eigenvalue weighted by Gasteiger charge is -2.22. The standard InChI is InChI=1S/C55H36N2O/c1-55(2)47-22-12-21-43(52(47)46-29-35-16-6-7-17-36(35)31-48(46)55)41-26-27-42(40-20-11-10-19-39(40)41)50-32-49(56-54(57-50)34-14-4-3-5-15-34)37-24-28-51-45(30-37)44-25-23-33-13-8-9-18-38(33)53(44)58-51/h3-32H,1-2H3. The highest BCUT2D eigenvalue weighted by atomic mass is 16.3. The molecule has 3 heteroatoms. The van der Waals surface area contributed by atoms with Gasteiger partial charge in [0.15, 0.2) is 5.82 Å². The zero-order chi connectivity index (χ0) is 38.5. The van der Waals surface area contributed by atoms with Crippen LogP contribution in [0.1, 0.15) is 25.0 Å². The SMILES string of the molecule is CC1(C)c2cc3ccccc3cc2-c2c(-c3ccc(-c4cc(-c5ccc6oc7c8ccccc8ccc7c6c5)nc(-c5ccccc5)n4)c4ccccc34)cccc21. The van der Waals surface area contributed by atoms with Crippen LogP contribution in [-0.4, -0.2) is 9.97 Å². The van der Waals surface area contributed by atoms with Gasteiger partial charge in [-0.05, 0) is 103 Å². The number of aromatic nitrogens is 2. The number of hydrogen-bond donors (Lipinski definition) is 0. The van der Waals surface area contributed by atoms with E-state index in [9.17, 15) is 0 Å². The molecule has 0 saturated carbocycles. The maximum absolute atomic E-state index is 6.48. The predicted octanol–water partition coefficient (Wildman–Crippen LogP) is 14.8. The predicted molar refractivity (Wildman–Crippen MR) is 241 cm³/mol. The average Bonchev–Trinajstić information content (AvgIpc) is 3.76. The molecule has 2 heterocycles. The molecule has 0 radical (unpaired) electrons. The summed E-state index contributed by atoms with van der Waals surface area (Å²) < 4.78 is 6.48. The molecule has 0 unspecified atom stereocenters. The van der Waals surface area contributed by atoms with Crippen molar-refractivity contribution in [1.82, 2.24) is 9.97 Å². The minimum absolute atomic E-state index is 0.120. The van der Waals surface area contributed by atoms with Crippen molar-refractivity contribution < 1.29 is 4.42 Å². The minimum atomic E-state index is -0.120. The van der Waals surface area contributed by atoms with Crippen molar-refractivity contribution in [3.05, 3.63) is 193 Å². The van der Waals surface area contributed by atoms with Gasteiger partial charge >= 0.3 is 0 Å². The van der Waals surface area contributed by atoms with Gasteiger partial charge in [-0.15, -0.1) is 0 Å². The van der Waals surface area contributed by atoms with Gasteiger partial charge in [0.1, 0.15) is 11.2 Å². The molecule has 272 valence electrons. The molecule has 12 rings (SSSR count). The summed E-state index contributed by atoms with van der Waals surface area (Å²) in [5.41, 5.74) is 14.3. The summed E-state index contributed by atoms with van der Waals surface area (Å²) >= 11 is 0. The van der Waals surface area contributed by atoms with Crippen LogP contribution < -0.4 is 0 Å². The monoisotopic (exact) mass is 740 g/mol. The van der Waals surface area contributed by atoms with Crippen LogP contribution in [0.25, 0.3) is 110 Å². The molecule has 0 amide bonds. The van der Waals surface area contributed by atoms with Gasteiger partial charge in [0.2, 0.25) is 0 Å². The van der Waals surface area contributed by atoms with E-state index in [1.807, 2.05) is 18.2 Å². The van der Waals surface area contributed by atoms with E-state index in [4.69, 9.17) is 14.4 Å². The quantitative estimate of drug-likeness (QED) is 0.180. The van der Waals surface area contributed by atoms with Crippen LogP contribution in [0.2, 0.25) is 0 Å². The van der Waals surface area contributed by atoms with Crippen LogP contribution in [-0.2, 0) is 5.41 Å². The molecule has 0 N–H and O–H groups in total. The first-order valence-corrected chi connectivity index (χ1v) is 20.0. The summed E-state index contributed by atoms with van der Waals surface area (Å²) in [6.07, 6.45) is 0. The lowest BCUT2D eigenvalue weighted by molar-refractivity contribution is 0.661. The molecule has 0 saturated heterocycles.